The van der Waals surface area contributed by atoms with Gasteiger partial charge in [-0.2, -0.15) is 0 Å². The summed E-state index contributed by atoms with van der Waals surface area (Å²) < 4.78 is 15.6. The molecule has 0 fully saturated rings. The van der Waals surface area contributed by atoms with Crippen LogP contribution in [0.1, 0.15) is 13.3 Å². The molecule has 0 aliphatic heterocycles. The SMILES string of the molecule is CCC[SiH](C)OCC(OC)OC. The molecule has 0 N–H and O–H groups in total. The molecule has 0 aliphatic rings. The minimum Gasteiger partial charge on any atom is -0.415 e. The molecule has 4 heteroatoms. The Kier molecular flexibility index (Phi) is 7.79. The predicted molar refractivity (Wildman–Crippen MR) is 51.9 cm³/mol. The predicted octanol–water partition coefficient (Wildman–Crippen LogP) is 1.39. The average Bonchev–Trinajstić information content (AvgIpc) is 2.07. The lowest BCUT2D eigenvalue weighted by Gasteiger charge is -2.16. The van der Waals surface area contributed by atoms with E-state index in [0.29, 0.717) is 6.61 Å². The number of rotatable bonds is 7. The summed E-state index contributed by atoms with van der Waals surface area (Å²) in [7, 11) is 2.31. The summed E-state index contributed by atoms with van der Waals surface area (Å²) in [4.78, 5) is 0. The normalized spacial score (nSPS) is 13.8. The zero-order valence-corrected chi connectivity index (χ0v) is 9.66. The van der Waals surface area contributed by atoms with Crippen molar-refractivity contribution in [1.82, 2.24) is 0 Å². The molecule has 0 saturated carbocycles. The maximum absolute atomic E-state index is 5.62. The van der Waals surface area contributed by atoms with Gasteiger partial charge in [-0.05, 0) is 12.6 Å². The highest BCUT2D eigenvalue weighted by Crippen LogP contribution is 2.00. The van der Waals surface area contributed by atoms with Gasteiger partial charge in [0.05, 0.1) is 6.61 Å². The molecule has 0 rings (SSSR count). The van der Waals surface area contributed by atoms with Gasteiger partial charge >= 0.3 is 0 Å². The summed E-state index contributed by atoms with van der Waals surface area (Å²) in [6, 6.07) is 1.22. The van der Waals surface area contributed by atoms with Crippen molar-refractivity contribution in [3.8, 4) is 0 Å². The first-order valence-electron chi connectivity index (χ1n) is 4.41. The van der Waals surface area contributed by atoms with E-state index >= 15 is 0 Å². The Morgan fingerprint density at radius 1 is 1.25 bits per heavy atom. The van der Waals surface area contributed by atoms with E-state index in [0.717, 1.165) is 0 Å². The minimum atomic E-state index is -0.946. The molecule has 3 nitrogen and oxygen atoms in total. The van der Waals surface area contributed by atoms with Crippen LogP contribution in [-0.4, -0.2) is 36.2 Å². The van der Waals surface area contributed by atoms with Crippen LogP contribution in [0.15, 0.2) is 0 Å². The van der Waals surface area contributed by atoms with Crippen LogP contribution in [-0.2, 0) is 13.9 Å². The number of ether oxygens (including phenoxy) is 2. The van der Waals surface area contributed by atoms with Gasteiger partial charge in [-0.3, -0.25) is 0 Å². The van der Waals surface area contributed by atoms with Crippen LogP contribution in [0.5, 0.6) is 0 Å². The second-order valence-corrected chi connectivity index (χ2v) is 5.37. The van der Waals surface area contributed by atoms with Gasteiger partial charge in [-0.15, -0.1) is 0 Å². The van der Waals surface area contributed by atoms with Crippen LogP contribution in [0.2, 0.25) is 12.6 Å². The maximum atomic E-state index is 5.62. The third-order valence-electron chi connectivity index (χ3n) is 1.74. The molecule has 12 heavy (non-hydrogen) atoms. The molecule has 0 aromatic heterocycles. The fourth-order valence-corrected chi connectivity index (χ4v) is 2.43. The van der Waals surface area contributed by atoms with Gasteiger partial charge < -0.3 is 13.9 Å². The Hall–Kier alpha value is 0.0969. The van der Waals surface area contributed by atoms with Crippen LogP contribution < -0.4 is 0 Å². The molecule has 0 heterocycles. The summed E-state index contributed by atoms with van der Waals surface area (Å²) in [5.41, 5.74) is 0. The Bertz CT molecular complexity index is 96.3. The van der Waals surface area contributed by atoms with Crippen LogP contribution >= 0.6 is 0 Å². The highest BCUT2D eigenvalue weighted by atomic mass is 28.3. The van der Waals surface area contributed by atoms with Gasteiger partial charge in [0.25, 0.3) is 0 Å². The zero-order valence-electron chi connectivity index (χ0n) is 8.50. The van der Waals surface area contributed by atoms with Crippen LogP contribution in [0.4, 0.5) is 0 Å². The lowest BCUT2D eigenvalue weighted by molar-refractivity contribution is -0.122. The summed E-state index contributed by atoms with van der Waals surface area (Å²) in [6.07, 6.45) is 1.01. The first-order chi connectivity index (χ1) is 5.74. The van der Waals surface area contributed by atoms with E-state index in [1.165, 1.54) is 12.5 Å². The molecule has 0 saturated heterocycles. The number of methoxy groups -OCH3 is 2. The van der Waals surface area contributed by atoms with E-state index in [4.69, 9.17) is 13.9 Å². The fraction of sp³-hybridized carbons (Fsp3) is 1.00. The number of hydrogen-bond acceptors (Lipinski definition) is 3. The number of hydrogen-bond donors (Lipinski definition) is 0. The largest absolute Gasteiger partial charge is 0.415 e. The monoisotopic (exact) mass is 192 g/mol. The third-order valence-corrected chi connectivity index (χ3v) is 3.89. The van der Waals surface area contributed by atoms with E-state index in [9.17, 15) is 0 Å². The highest BCUT2D eigenvalue weighted by molar-refractivity contribution is 6.50. The first kappa shape index (κ1) is 12.1. The Morgan fingerprint density at radius 3 is 2.25 bits per heavy atom. The molecule has 0 amide bonds. The van der Waals surface area contributed by atoms with Gasteiger partial charge in [0.15, 0.2) is 15.3 Å². The van der Waals surface area contributed by atoms with Crippen LogP contribution in [0.3, 0.4) is 0 Å². The van der Waals surface area contributed by atoms with Gasteiger partial charge in [0.1, 0.15) is 0 Å². The molecule has 0 spiro atoms. The van der Waals surface area contributed by atoms with Crippen molar-refractivity contribution in [1.29, 1.82) is 0 Å². The summed E-state index contributed by atoms with van der Waals surface area (Å²) in [6.45, 7) is 4.95. The van der Waals surface area contributed by atoms with Crippen molar-refractivity contribution in [3.63, 3.8) is 0 Å². The maximum Gasteiger partial charge on any atom is 0.178 e. The molecular weight excluding hydrogens is 172 g/mol. The smallest absolute Gasteiger partial charge is 0.178 e. The summed E-state index contributed by atoms with van der Waals surface area (Å²) >= 11 is 0. The molecule has 0 bridgehead atoms. The Morgan fingerprint density at radius 2 is 1.83 bits per heavy atom. The second-order valence-electron chi connectivity index (χ2n) is 2.83. The molecule has 0 aliphatic carbocycles. The Labute approximate surface area is 76.7 Å². The van der Waals surface area contributed by atoms with E-state index in [1.54, 1.807) is 14.2 Å². The first-order valence-corrected chi connectivity index (χ1v) is 6.86. The van der Waals surface area contributed by atoms with Crippen molar-refractivity contribution in [2.75, 3.05) is 20.8 Å². The van der Waals surface area contributed by atoms with Gasteiger partial charge in [-0.25, -0.2) is 0 Å². The van der Waals surface area contributed by atoms with Crippen LogP contribution in [0, 0.1) is 0 Å². The molecule has 0 aromatic rings. The second kappa shape index (κ2) is 7.73. The standard InChI is InChI=1S/C8H20O3Si/c1-5-6-12(4)11-7-8(9-2)10-3/h8,12H,5-7H2,1-4H3. The zero-order chi connectivity index (χ0) is 9.40. The lowest BCUT2D eigenvalue weighted by Crippen LogP contribution is -2.25. The van der Waals surface area contributed by atoms with Gasteiger partial charge in [0.2, 0.25) is 0 Å². The van der Waals surface area contributed by atoms with Crippen molar-refractivity contribution in [2.45, 2.75) is 32.2 Å². The molecule has 0 aromatic carbocycles. The van der Waals surface area contributed by atoms with Crippen LogP contribution in [0.25, 0.3) is 0 Å². The van der Waals surface area contributed by atoms with E-state index in [1.807, 2.05) is 0 Å². The van der Waals surface area contributed by atoms with E-state index < -0.39 is 9.04 Å². The molecule has 1 atom stereocenters. The topological polar surface area (TPSA) is 27.7 Å². The molecule has 74 valence electrons. The quantitative estimate of drug-likeness (QED) is 0.450. The van der Waals surface area contributed by atoms with Crippen molar-refractivity contribution >= 4 is 9.04 Å². The highest BCUT2D eigenvalue weighted by Gasteiger charge is 2.08. The van der Waals surface area contributed by atoms with Gasteiger partial charge in [-0.1, -0.05) is 13.3 Å². The third kappa shape index (κ3) is 5.71. The summed E-state index contributed by atoms with van der Waals surface area (Å²) in [5, 5.41) is 0. The van der Waals surface area contributed by atoms with Crippen molar-refractivity contribution in [3.05, 3.63) is 0 Å². The van der Waals surface area contributed by atoms with Crippen molar-refractivity contribution in [2.24, 2.45) is 0 Å². The molecule has 1 unspecified atom stereocenters. The van der Waals surface area contributed by atoms with E-state index in [2.05, 4.69) is 13.5 Å². The van der Waals surface area contributed by atoms with E-state index in [-0.39, 0.29) is 6.29 Å². The molecular formula is C8H20O3Si. The summed E-state index contributed by atoms with van der Waals surface area (Å²) in [5.74, 6) is 0. The average molecular weight is 192 g/mol. The Balaban J connectivity index is 3.37. The minimum absolute atomic E-state index is 0.197. The lowest BCUT2D eigenvalue weighted by atomic mass is 10.6. The molecule has 0 radical (unpaired) electrons. The fourth-order valence-electron chi connectivity index (χ4n) is 0.965. The van der Waals surface area contributed by atoms with Gasteiger partial charge in [0, 0.05) is 14.2 Å². The van der Waals surface area contributed by atoms with Crippen molar-refractivity contribution < 1.29 is 13.9 Å².